The molecule has 86 valence electrons. The van der Waals surface area contributed by atoms with E-state index in [4.69, 9.17) is 12.2 Å². The number of hydrogen-bond acceptors (Lipinski definition) is 2. The normalized spacial score (nSPS) is 14.9. The van der Waals surface area contributed by atoms with E-state index in [0.29, 0.717) is 10.6 Å². The molecule has 1 aliphatic rings. The van der Waals surface area contributed by atoms with Gasteiger partial charge in [0, 0.05) is 17.2 Å². The Hall–Kier alpha value is -1.48. The maximum atomic E-state index is 5.25. The summed E-state index contributed by atoms with van der Waals surface area (Å²) < 4.78 is 0.684. The van der Waals surface area contributed by atoms with E-state index in [2.05, 4.69) is 41.2 Å². The van der Waals surface area contributed by atoms with Crippen molar-refractivity contribution in [1.29, 1.82) is 0 Å². The molecule has 0 unspecified atom stereocenters. The molecular weight excluding hydrogens is 228 g/mol. The molecular formula is C14H14N2S. The van der Waals surface area contributed by atoms with Crippen LogP contribution in [0.25, 0.3) is 11.3 Å². The van der Waals surface area contributed by atoms with Gasteiger partial charge in [0.2, 0.25) is 0 Å². The van der Waals surface area contributed by atoms with Gasteiger partial charge in [-0.3, -0.25) is 0 Å². The number of H-pyrrole nitrogens is 1. The molecule has 1 aliphatic carbocycles. The smallest absolute Gasteiger partial charge is 0.130 e. The minimum atomic E-state index is 0.598. The van der Waals surface area contributed by atoms with Crippen LogP contribution in [0.4, 0.5) is 0 Å². The lowest BCUT2D eigenvalue weighted by Crippen LogP contribution is -1.96. The van der Waals surface area contributed by atoms with Crippen LogP contribution in [-0.4, -0.2) is 9.97 Å². The maximum Gasteiger partial charge on any atom is 0.130 e. The van der Waals surface area contributed by atoms with Gasteiger partial charge in [0.15, 0.2) is 0 Å². The van der Waals surface area contributed by atoms with Crippen molar-refractivity contribution in [3.63, 3.8) is 0 Å². The van der Waals surface area contributed by atoms with Crippen molar-refractivity contribution in [2.45, 2.75) is 25.7 Å². The van der Waals surface area contributed by atoms with Crippen LogP contribution in [0.3, 0.4) is 0 Å². The fourth-order valence-electron chi connectivity index (χ4n) is 2.05. The average molecular weight is 242 g/mol. The molecule has 2 nitrogen and oxygen atoms in total. The molecule has 0 atom stereocenters. The van der Waals surface area contributed by atoms with Crippen LogP contribution in [-0.2, 0) is 0 Å². The highest BCUT2D eigenvalue weighted by Crippen LogP contribution is 2.38. The van der Waals surface area contributed by atoms with E-state index in [1.165, 1.54) is 24.0 Å². The predicted octanol–water partition coefficient (Wildman–Crippen LogP) is 3.99. The molecule has 2 aromatic rings. The second-order valence-corrected chi connectivity index (χ2v) is 5.03. The minimum absolute atomic E-state index is 0.598. The lowest BCUT2D eigenvalue weighted by atomic mass is 10.1. The van der Waals surface area contributed by atoms with Crippen molar-refractivity contribution >= 4 is 12.2 Å². The fraction of sp³-hybridized carbons (Fsp3) is 0.286. The lowest BCUT2D eigenvalue weighted by Gasteiger charge is -2.07. The molecule has 0 aliphatic heterocycles. The number of aromatic amines is 1. The Morgan fingerprint density at radius 2 is 2.06 bits per heavy atom. The molecule has 3 rings (SSSR count). The molecule has 17 heavy (non-hydrogen) atoms. The summed E-state index contributed by atoms with van der Waals surface area (Å²) in [7, 11) is 0. The molecule has 3 heteroatoms. The molecule has 1 fully saturated rings. The maximum absolute atomic E-state index is 5.25. The van der Waals surface area contributed by atoms with Crippen LogP contribution in [0.2, 0.25) is 0 Å². The van der Waals surface area contributed by atoms with Crippen LogP contribution in [0.1, 0.15) is 30.1 Å². The minimum Gasteiger partial charge on any atom is -0.343 e. The highest BCUT2D eigenvalue weighted by atomic mass is 32.1. The first-order chi connectivity index (χ1) is 8.24. The summed E-state index contributed by atoms with van der Waals surface area (Å²) in [6.45, 7) is 2.11. The van der Waals surface area contributed by atoms with Crippen LogP contribution >= 0.6 is 12.2 Å². The molecule has 1 saturated carbocycles. The number of hydrogen-bond donors (Lipinski definition) is 1. The van der Waals surface area contributed by atoms with Crippen LogP contribution < -0.4 is 0 Å². The van der Waals surface area contributed by atoms with E-state index in [9.17, 15) is 0 Å². The molecule has 0 bridgehead atoms. The number of aromatic nitrogens is 2. The first-order valence-corrected chi connectivity index (χ1v) is 6.32. The number of aryl methyl sites for hydroxylation is 1. The second kappa shape index (κ2) is 4.08. The lowest BCUT2D eigenvalue weighted by molar-refractivity contribution is 0.923. The second-order valence-electron chi connectivity index (χ2n) is 4.61. The van der Waals surface area contributed by atoms with Gasteiger partial charge in [-0.05, 0) is 31.4 Å². The van der Waals surface area contributed by atoms with Gasteiger partial charge in [0.05, 0.1) is 0 Å². The highest BCUT2D eigenvalue weighted by molar-refractivity contribution is 7.71. The topological polar surface area (TPSA) is 28.7 Å². The Morgan fingerprint density at radius 3 is 2.76 bits per heavy atom. The van der Waals surface area contributed by atoms with E-state index in [1.807, 2.05) is 6.07 Å². The van der Waals surface area contributed by atoms with Gasteiger partial charge in [-0.1, -0.05) is 36.5 Å². The van der Waals surface area contributed by atoms with Gasteiger partial charge in [0.1, 0.15) is 10.5 Å². The van der Waals surface area contributed by atoms with Gasteiger partial charge in [-0.15, -0.1) is 0 Å². The van der Waals surface area contributed by atoms with E-state index in [1.54, 1.807) is 0 Å². The standard InChI is InChI=1S/C14H14N2S/c1-9-4-2-3-5-11(9)12-8-13(17)16-14(15-12)10-6-7-10/h2-5,8,10H,6-7H2,1H3,(H,15,16,17). The highest BCUT2D eigenvalue weighted by Gasteiger charge is 2.26. The summed E-state index contributed by atoms with van der Waals surface area (Å²) in [6.07, 6.45) is 2.46. The van der Waals surface area contributed by atoms with Crippen molar-refractivity contribution in [2.24, 2.45) is 0 Å². The van der Waals surface area contributed by atoms with Crippen LogP contribution in [0.5, 0.6) is 0 Å². The summed E-state index contributed by atoms with van der Waals surface area (Å²) in [5.74, 6) is 1.65. The largest absolute Gasteiger partial charge is 0.343 e. The van der Waals surface area contributed by atoms with Crippen molar-refractivity contribution in [3.8, 4) is 11.3 Å². The van der Waals surface area contributed by atoms with Crippen molar-refractivity contribution in [1.82, 2.24) is 9.97 Å². The van der Waals surface area contributed by atoms with Gasteiger partial charge in [0.25, 0.3) is 0 Å². The third-order valence-corrected chi connectivity index (χ3v) is 3.37. The molecule has 1 N–H and O–H groups in total. The van der Waals surface area contributed by atoms with Gasteiger partial charge >= 0.3 is 0 Å². The summed E-state index contributed by atoms with van der Waals surface area (Å²) >= 11 is 5.25. The van der Waals surface area contributed by atoms with Gasteiger partial charge < -0.3 is 4.98 Å². The monoisotopic (exact) mass is 242 g/mol. The fourth-order valence-corrected chi connectivity index (χ4v) is 2.26. The summed E-state index contributed by atoms with van der Waals surface area (Å²) in [4.78, 5) is 7.84. The summed E-state index contributed by atoms with van der Waals surface area (Å²) in [5, 5.41) is 0. The molecule has 1 aromatic carbocycles. The number of nitrogens with one attached hydrogen (secondary N) is 1. The zero-order chi connectivity index (χ0) is 11.8. The molecule has 0 amide bonds. The SMILES string of the molecule is Cc1ccccc1-c1cc(=S)nc(C2CC2)[nH]1. The quantitative estimate of drug-likeness (QED) is 0.807. The van der Waals surface area contributed by atoms with Crippen molar-refractivity contribution in [3.05, 3.63) is 46.4 Å². The Balaban J connectivity index is 2.14. The van der Waals surface area contributed by atoms with E-state index < -0.39 is 0 Å². The van der Waals surface area contributed by atoms with E-state index in [-0.39, 0.29) is 0 Å². The Labute approximate surface area is 106 Å². The van der Waals surface area contributed by atoms with E-state index in [0.717, 1.165) is 11.5 Å². The zero-order valence-corrected chi connectivity index (χ0v) is 10.6. The molecule has 1 heterocycles. The van der Waals surface area contributed by atoms with Crippen LogP contribution in [0, 0.1) is 11.6 Å². The summed E-state index contributed by atoms with van der Waals surface area (Å²) in [5.41, 5.74) is 3.55. The van der Waals surface area contributed by atoms with Gasteiger partial charge in [-0.2, -0.15) is 0 Å². The molecule has 1 aromatic heterocycles. The Bertz CT molecular complexity index is 612. The number of nitrogens with zero attached hydrogens (tertiary/aromatic N) is 1. The first kappa shape index (κ1) is 10.7. The third kappa shape index (κ3) is 2.15. The first-order valence-electron chi connectivity index (χ1n) is 5.91. The van der Waals surface area contributed by atoms with Gasteiger partial charge in [-0.25, -0.2) is 4.98 Å². The third-order valence-electron chi connectivity index (χ3n) is 3.16. The van der Waals surface area contributed by atoms with E-state index >= 15 is 0 Å². The van der Waals surface area contributed by atoms with Crippen molar-refractivity contribution < 1.29 is 0 Å². The van der Waals surface area contributed by atoms with Crippen molar-refractivity contribution in [2.75, 3.05) is 0 Å². The zero-order valence-electron chi connectivity index (χ0n) is 9.73. The number of rotatable bonds is 2. The molecule has 0 radical (unpaired) electrons. The summed E-state index contributed by atoms with van der Waals surface area (Å²) in [6, 6.07) is 10.3. The molecule has 0 spiro atoms. The average Bonchev–Trinajstić information content (AvgIpc) is 3.12. The molecule has 0 saturated heterocycles. The Kier molecular flexibility index (Phi) is 2.56. The van der Waals surface area contributed by atoms with Crippen LogP contribution in [0.15, 0.2) is 30.3 Å². The predicted molar refractivity (Wildman–Crippen MR) is 71.6 cm³/mol. The Morgan fingerprint density at radius 1 is 1.29 bits per heavy atom. The number of benzene rings is 1.